The van der Waals surface area contributed by atoms with Gasteiger partial charge in [-0.15, -0.1) is 22.7 Å². The van der Waals surface area contributed by atoms with Crippen molar-refractivity contribution in [2.24, 2.45) is 0 Å². The lowest BCUT2D eigenvalue weighted by Crippen LogP contribution is -2.17. The number of rotatable bonds is 6. The van der Waals surface area contributed by atoms with Crippen LogP contribution in [0, 0.1) is 0 Å². The van der Waals surface area contributed by atoms with Crippen LogP contribution in [0.3, 0.4) is 0 Å². The second-order valence-electron chi connectivity index (χ2n) is 6.08. The van der Waals surface area contributed by atoms with E-state index in [0.29, 0.717) is 17.8 Å². The molecule has 3 aromatic heterocycles. The number of aromatic amines is 1. The van der Waals surface area contributed by atoms with Gasteiger partial charge in [-0.25, -0.2) is 4.98 Å². The average Bonchev–Trinajstić information content (AvgIpc) is 3.32. The van der Waals surface area contributed by atoms with Crippen molar-refractivity contribution in [1.29, 1.82) is 0 Å². The van der Waals surface area contributed by atoms with Crippen LogP contribution in [-0.4, -0.2) is 16.6 Å². The predicted molar refractivity (Wildman–Crippen MR) is 113 cm³/mol. The van der Waals surface area contributed by atoms with Crippen LogP contribution >= 0.6 is 22.7 Å². The number of benzene rings is 1. The van der Waals surface area contributed by atoms with Crippen molar-refractivity contribution < 1.29 is 4.74 Å². The molecule has 0 spiro atoms. The predicted octanol–water partition coefficient (Wildman–Crippen LogP) is 5.28. The van der Waals surface area contributed by atoms with Gasteiger partial charge in [0.2, 0.25) is 0 Å². The highest BCUT2D eigenvalue weighted by Crippen LogP contribution is 2.33. The second kappa shape index (κ2) is 7.54. The highest BCUT2D eigenvalue weighted by molar-refractivity contribution is 7.18. The Hall–Kier alpha value is -2.64. The highest BCUT2D eigenvalue weighted by atomic mass is 32.1. The molecule has 7 heteroatoms. The van der Waals surface area contributed by atoms with Gasteiger partial charge in [0, 0.05) is 21.5 Å². The molecular weight excluding hydrogens is 378 g/mol. The molecule has 0 amide bonds. The van der Waals surface area contributed by atoms with Crippen molar-refractivity contribution in [3.05, 3.63) is 63.3 Å². The van der Waals surface area contributed by atoms with Gasteiger partial charge in [-0.05, 0) is 49.6 Å². The molecule has 4 aromatic rings. The standard InChI is InChI=1S/C20H19N3O2S2/c1-3-25-14-8-6-13(7-9-14)21-12(2)18-22-19(24)17-15(11-27-20(17)23-18)16-5-4-10-26-16/h4-12,21H,3H2,1-2H3,(H,22,23,24)/t12-/m1/s1. The Labute approximate surface area is 164 Å². The number of ether oxygens (including phenoxy) is 1. The largest absolute Gasteiger partial charge is 0.494 e. The molecule has 138 valence electrons. The molecule has 3 heterocycles. The summed E-state index contributed by atoms with van der Waals surface area (Å²) >= 11 is 3.13. The maximum atomic E-state index is 12.7. The lowest BCUT2D eigenvalue weighted by Gasteiger charge is -2.15. The highest BCUT2D eigenvalue weighted by Gasteiger charge is 2.16. The summed E-state index contributed by atoms with van der Waals surface area (Å²) in [6.07, 6.45) is 0. The van der Waals surface area contributed by atoms with Crippen LogP contribution in [0.4, 0.5) is 5.69 Å². The minimum absolute atomic E-state index is 0.0972. The smallest absolute Gasteiger partial charge is 0.260 e. The molecule has 1 aromatic carbocycles. The Bertz CT molecular complexity index is 1100. The summed E-state index contributed by atoms with van der Waals surface area (Å²) in [5, 5.41) is 8.06. The van der Waals surface area contributed by atoms with Gasteiger partial charge in [-0.2, -0.15) is 0 Å². The molecule has 0 fully saturated rings. The molecule has 0 radical (unpaired) electrons. The first-order valence-corrected chi connectivity index (χ1v) is 10.5. The summed E-state index contributed by atoms with van der Waals surface area (Å²) in [4.78, 5) is 22.2. The molecule has 0 saturated carbocycles. The number of nitrogens with zero attached hydrogens (tertiary/aromatic N) is 1. The topological polar surface area (TPSA) is 67.0 Å². The number of aromatic nitrogens is 2. The van der Waals surface area contributed by atoms with Gasteiger partial charge in [-0.3, -0.25) is 4.79 Å². The lowest BCUT2D eigenvalue weighted by atomic mass is 10.2. The fourth-order valence-corrected chi connectivity index (χ4v) is 4.69. The zero-order chi connectivity index (χ0) is 18.8. The minimum Gasteiger partial charge on any atom is -0.494 e. The number of thiophene rings is 2. The zero-order valence-corrected chi connectivity index (χ0v) is 16.6. The van der Waals surface area contributed by atoms with Crippen molar-refractivity contribution in [2.45, 2.75) is 19.9 Å². The van der Waals surface area contributed by atoms with E-state index >= 15 is 0 Å². The molecule has 0 unspecified atom stereocenters. The van der Waals surface area contributed by atoms with Gasteiger partial charge in [0.05, 0.1) is 18.0 Å². The van der Waals surface area contributed by atoms with Gasteiger partial charge >= 0.3 is 0 Å². The fraction of sp³-hybridized carbons (Fsp3) is 0.200. The van der Waals surface area contributed by atoms with Gasteiger partial charge < -0.3 is 15.0 Å². The van der Waals surface area contributed by atoms with Crippen LogP contribution in [0.2, 0.25) is 0 Å². The van der Waals surface area contributed by atoms with E-state index in [9.17, 15) is 4.79 Å². The summed E-state index contributed by atoms with van der Waals surface area (Å²) in [5.41, 5.74) is 1.80. The van der Waals surface area contributed by atoms with E-state index in [1.807, 2.05) is 61.0 Å². The van der Waals surface area contributed by atoms with E-state index in [-0.39, 0.29) is 11.6 Å². The number of H-pyrrole nitrogens is 1. The van der Waals surface area contributed by atoms with E-state index in [1.54, 1.807) is 11.3 Å². The number of anilines is 1. The molecule has 5 nitrogen and oxygen atoms in total. The lowest BCUT2D eigenvalue weighted by molar-refractivity contribution is 0.340. The fourth-order valence-electron chi connectivity index (χ4n) is 2.92. The third-order valence-electron chi connectivity index (χ3n) is 4.21. The van der Waals surface area contributed by atoms with E-state index in [0.717, 1.165) is 26.7 Å². The first-order valence-electron chi connectivity index (χ1n) is 8.70. The Morgan fingerprint density at radius 3 is 2.74 bits per heavy atom. The molecule has 1 atom stereocenters. The van der Waals surface area contributed by atoms with Crippen molar-refractivity contribution in [2.75, 3.05) is 11.9 Å². The van der Waals surface area contributed by atoms with Crippen LogP contribution in [0.5, 0.6) is 5.75 Å². The van der Waals surface area contributed by atoms with Crippen LogP contribution in [-0.2, 0) is 0 Å². The summed E-state index contributed by atoms with van der Waals surface area (Å²) < 4.78 is 5.46. The Balaban J connectivity index is 1.61. The zero-order valence-electron chi connectivity index (χ0n) is 15.0. The van der Waals surface area contributed by atoms with Gasteiger partial charge in [0.15, 0.2) is 0 Å². The SMILES string of the molecule is CCOc1ccc(N[C@H](C)c2nc3scc(-c4cccs4)c3c(=O)[nH]2)cc1. The molecule has 0 saturated heterocycles. The summed E-state index contributed by atoms with van der Waals surface area (Å²) in [7, 11) is 0. The normalized spacial score (nSPS) is 12.2. The van der Waals surface area contributed by atoms with Crippen molar-refractivity contribution in [1.82, 2.24) is 9.97 Å². The van der Waals surface area contributed by atoms with Crippen molar-refractivity contribution in [3.8, 4) is 16.2 Å². The molecular formula is C20H19N3O2S2. The second-order valence-corrected chi connectivity index (χ2v) is 7.89. The van der Waals surface area contributed by atoms with E-state index in [1.165, 1.54) is 11.3 Å². The van der Waals surface area contributed by atoms with Crippen molar-refractivity contribution in [3.63, 3.8) is 0 Å². The molecule has 2 N–H and O–H groups in total. The minimum atomic E-state index is -0.132. The van der Waals surface area contributed by atoms with Crippen molar-refractivity contribution >= 4 is 38.6 Å². The Morgan fingerprint density at radius 2 is 2.04 bits per heavy atom. The number of hydrogen-bond donors (Lipinski definition) is 2. The van der Waals surface area contributed by atoms with Gasteiger partial charge in [0.25, 0.3) is 5.56 Å². The summed E-state index contributed by atoms with van der Waals surface area (Å²) in [6.45, 7) is 4.58. The van der Waals surface area contributed by atoms with Crippen LogP contribution in [0.25, 0.3) is 20.7 Å². The van der Waals surface area contributed by atoms with E-state index < -0.39 is 0 Å². The van der Waals surface area contributed by atoms with Crippen LogP contribution in [0.1, 0.15) is 25.7 Å². The molecule has 0 aliphatic carbocycles. The monoisotopic (exact) mass is 397 g/mol. The Kier molecular flexibility index (Phi) is 4.96. The number of nitrogens with one attached hydrogen (secondary N) is 2. The quantitative estimate of drug-likeness (QED) is 0.464. The first-order chi connectivity index (χ1) is 13.2. The van der Waals surface area contributed by atoms with Gasteiger partial charge in [-0.1, -0.05) is 6.07 Å². The molecule has 27 heavy (non-hydrogen) atoms. The Morgan fingerprint density at radius 1 is 1.22 bits per heavy atom. The van der Waals surface area contributed by atoms with E-state index in [4.69, 9.17) is 9.72 Å². The number of hydrogen-bond acceptors (Lipinski definition) is 6. The number of fused-ring (bicyclic) bond motifs is 1. The maximum absolute atomic E-state index is 12.7. The summed E-state index contributed by atoms with van der Waals surface area (Å²) in [5.74, 6) is 1.46. The third-order valence-corrected chi connectivity index (χ3v) is 5.98. The third kappa shape index (κ3) is 3.61. The molecule has 0 aliphatic heterocycles. The molecule has 0 bridgehead atoms. The van der Waals surface area contributed by atoms with E-state index in [2.05, 4.69) is 10.3 Å². The molecule has 4 rings (SSSR count). The summed E-state index contributed by atoms with van der Waals surface area (Å²) in [6, 6.07) is 11.6. The maximum Gasteiger partial charge on any atom is 0.260 e. The first kappa shape index (κ1) is 17.8. The average molecular weight is 398 g/mol. The van der Waals surface area contributed by atoms with Gasteiger partial charge in [0.1, 0.15) is 16.4 Å². The van der Waals surface area contributed by atoms with Crippen LogP contribution in [0.15, 0.2) is 52.0 Å². The van der Waals surface area contributed by atoms with Crippen LogP contribution < -0.4 is 15.6 Å². The molecule has 0 aliphatic rings.